The number of likely N-dealkylation sites (tertiary alicyclic amines) is 1. The van der Waals surface area contributed by atoms with Crippen molar-refractivity contribution in [3.05, 3.63) is 59.0 Å². The lowest BCUT2D eigenvalue weighted by Gasteiger charge is -2.40. The molecule has 5 rings (SSSR count). The van der Waals surface area contributed by atoms with Gasteiger partial charge in [0.05, 0.1) is 16.6 Å². The molecule has 7 heteroatoms. The molecule has 30 heavy (non-hydrogen) atoms. The Labute approximate surface area is 175 Å². The van der Waals surface area contributed by atoms with Gasteiger partial charge in [-0.3, -0.25) is 9.36 Å². The fourth-order valence-electron chi connectivity index (χ4n) is 5.31. The topological polar surface area (TPSA) is 83.9 Å². The quantitative estimate of drug-likeness (QED) is 0.674. The second-order valence-electron chi connectivity index (χ2n) is 8.58. The molecule has 0 radical (unpaired) electrons. The average molecular weight is 406 g/mol. The number of carbonyl (C=O) groups excluding carboxylic acids is 1. The van der Waals surface area contributed by atoms with Gasteiger partial charge >= 0.3 is 5.69 Å². The fraction of sp³-hybridized carbons (Fsp3) is 0.478. The van der Waals surface area contributed by atoms with Gasteiger partial charge < -0.3 is 9.88 Å². The predicted octanol–water partition coefficient (Wildman–Crippen LogP) is 3.20. The lowest BCUT2D eigenvalue weighted by molar-refractivity contribution is 0.0755. The van der Waals surface area contributed by atoms with Crippen LogP contribution >= 0.6 is 0 Å². The van der Waals surface area contributed by atoms with Gasteiger partial charge in [0.2, 0.25) is 0 Å². The lowest BCUT2D eigenvalue weighted by Crippen LogP contribution is -2.44. The van der Waals surface area contributed by atoms with Crippen molar-refractivity contribution in [2.75, 3.05) is 13.1 Å². The van der Waals surface area contributed by atoms with E-state index in [0.29, 0.717) is 11.6 Å². The molecule has 0 bridgehead atoms. The summed E-state index contributed by atoms with van der Waals surface area (Å²) in [6.45, 7) is 2.01. The van der Waals surface area contributed by atoms with E-state index in [1.54, 1.807) is 12.4 Å². The van der Waals surface area contributed by atoms with E-state index in [4.69, 9.17) is 0 Å². The maximum Gasteiger partial charge on any atom is 0.326 e. The number of fused-ring (bicyclic) bond motifs is 1. The number of hydrogen-bond acceptors (Lipinski definition) is 5. The monoisotopic (exact) mass is 405 g/mol. The number of hydrogen-bond donors (Lipinski definition) is 1. The number of H-pyrrole nitrogens is 1. The number of carbonyl (C=O) groups is 1. The lowest BCUT2D eigenvalue weighted by atomic mass is 9.81. The van der Waals surface area contributed by atoms with E-state index >= 15 is 0 Å². The third-order valence-corrected chi connectivity index (χ3v) is 6.92. The minimum absolute atomic E-state index is 0.00133. The molecule has 3 aromatic rings. The van der Waals surface area contributed by atoms with Crippen LogP contribution in [0.3, 0.4) is 0 Å². The highest BCUT2D eigenvalue weighted by atomic mass is 16.1. The van der Waals surface area contributed by atoms with Gasteiger partial charge in [0, 0.05) is 43.5 Å². The minimum Gasteiger partial charge on any atom is -0.306 e. The molecule has 0 amide bonds. The summed E-state index contributed by atoms with van der Waals surface area (Å²) in [6, 6.07) is 8.72. The summed E-state index contributed by atoms with van der Waals surface area (Å²) in [5, 5.41) is 0. The number of aromatic nitrogens is 4. The molecule has 1 aliphatic heterocycles. The summed E-state index contributed by atoms with van der Waals surface area (Å²) >= 11 is 0. The molecule has 0 spiro atoms. The largest absolute Gasteiger partial charge is 0.326 e. The number of aromatic amines is 1. The van der Waals surface area contributed by atoms with Crippen molar-refractivity contribution in [2.45, 2.75) is 50.6 Å². The minimum atomic E-state index is -0.00133. The average Bonchev–Trinajstić information content (AvgIpc) is 3.15. The SMILES string of the molecule is O=C(c1cncnc1)C1CCC(N2CCC(n3c(=O)[nH]c4ccccc43)CC2)CC1. The number of imidazole rings is 1. The maximum atomic E-state index is 12.7. The van der Waals surface area contributed by atoms with E-state index in [1.165, 1.54) is 6.33 Å². The number of ketones is 1. The molecule has 1 aromatic carbocycles. The van der Waals surface area contributed by atoms with Crippen molar-refractivity contribution in [3.63, 3.8) is 0 Å². The first-order chi connectivity index (χ1) is 14.7. The number of benzene rings is 1. The molecule has 2 aromatic heterocycles. The number of para-hydroxylation sites is 2. The first-order valence-electron chi connectivity index (χ1n) is 10.9. The van der Waals surface area contributed by atoms with E-state index in [2.05, 4.69) is 19.9 Å². The van der Waals surface area contributed by atoms with E-state index in [-0.39, 0.29) is 23.4 Å². The maximum absolute atomic E-state index is 12.7. The molecule has 0 unspecified atom stereocenters. The third kappa shape index (κ3) is 3.58. The van der Waals surface area contributed by atoms with Gasteiger partial charge in [-0.15, -0.1) is 0 Å². The predicted molar refractivity (Wildman–Crippen MR) is 115 cm³/mol. The molecule has 1 N–H and O–H groups in total. The number of nitrogens with one attached hydrogen (secondary N) is 1. The van der Waals surface area contributed by atoms with E-state index < -0.39 is 0 Å². The summed E-state index contributed by atoms with van der Waals surface area (Å²) in [6.07, 6.45) is 10.7. The Hall–Kier alpha value is -2.80. The molecule has 1 saturated heterocycles. The van der Waals surface area contributed by atoms with Gasteiger partial charge in [0.15, 0.2) is 5.78 Å². The molecule has 1 aliphatic carbocycles. The van der Waals surface area contributed by atoms with Gasteiger partial charge in [-0.1, -0.05) is 12.1 Å². The Kier molecular flexibility index (Phi) is 5.21. The van der Waals surface area contributed by atoms with Crippen molar-refractivity contribution in [1.29, 1.82) is 0 Å². The van der Waals surface area contributed by atoms with Gasteiger partial charge in [-0.2, -0.15) is 0 Å². The Morgan fingerprint density at radius 3 is 2.37 bits per heavy atom. The number of nitrogens with zero attached hydrogens (tertiary/aromatic N) is 4. The van der Waals surface area contributed by atoms with Crippen LogP contribution in [0.15, 0.2) is 47.8 Å². The normalized spacial score (nSPS) is 23.6. The molecule has 3 heterocycles. The number of piperidine rings is 1. The summed E-state index contributed by atoms with van der Waals surface area (Å²) in [5.74, 6) is 0.279. The zero-order valence-electron chi connectivity index (χ0n) is 17.0. The van der Waals surface area contributed by atoms with E-state index in [1.807, 2.05) is 28.8 Å². The van der Waals surface area contributed by atoms with Crippen LogP contribution in [0.1, 0.15) is 54.9 Å². The van der Waals surface area contributed by atoms with Crippen molar-refractivity contribution >= 4 is 16.8 Å². The first kappa shape index (κ1) is 19.2. The van der Waals surface area contributed by atoms with Gasteiger partial charge in [-0.05, 0) is 50.7 Å². The highest BCUT2D eigenvalue weighted by molar-refractivity contribution is 5.97. The van der Waals surface area contributed by atoms with Crippen molar-refractivity contribution in [3.8, 4) is 0 Å². The molecular weight excluding hydrogens is 378 g/mol. The molecule has 156 valence electrons. The molecule has 1 saturated carbocycles. The summed E-state index contributed by atoms with van der Waals surface area (Å²) in [4.78, 5) is 38.7. The van der Waals surface area contributed by atoms with Crippen LogP contribution < -0.4 is 5.69 Å². The molecule has 2 fully saturated rings. The molecule has 7 nitrogen and oxygen atoms in total. The van der Waals surface area contributed by atoms with E-state index in [0.717, 1.165) is 62.6 Å². The number of Topliss-reactive ketones (excluding diaryl/α,β-unsaturated/α-hetero) is 1. The summed E-state index contributed by atoms with van der Waals surface area (Å²) < 4.78 is 1.95. The Bertz CT molecular complexity index is 1070. The van der Waals surface area contributed by atoms with Gasteiger partial charge in [0.1, 0.15) is 6.33 Å². The van der Waals surface area contributed by atoms with Crippen LogP contribution in [0.25, 0.3) is 11.0 Å². The Balaban J connectivity index is 1.18. The Morgan fingerprint density at radius 1 is 0.933 bits per heavy atom. The van der Waals surface area contributed by atoms with Crippen molar-refractivity contribution in [2.24, 2.45) is 5.92 Å². The second-order valence-corrected chi connectivity index (χ2v) is 8.58. The molecule has 2 aliphatic rings. The smallest absolute Gasteiger partial charge is 0.306 e. The van der Waals surface area contributed by atoms with E-state index in [9.17, 15) is 9.59 Å². The van der Waals surface area contributed by atoms with Crippen LogP contribution in [-0.4, -0.2) is 49.3 Å². The molecule has 0 atom stereocenters. The summed E-state index contributed by atoms with van der Waals surface area (Å²) in [5.41, 5.74) is 2.55. The number of rotatable bonds is 4. The standard InChI is InChI=1S/C23H27N5O2/c29-22(17-13-24-15-25-14-17)16-5-7-18(8-6-16)27-11-9-19(10-12-27)28-21-4-2-1-3-20(21)26-23(28)30/h1-4,13-16,18-19H,5-12H2,(H,26,30). The van der Waals surface area contributed by atoms with Crippen molar-refractivity contribution in [1.82, 2.24) is 24.4 Å². The second kappa shape index (κ2) is 8.14. The highest BCUT2D eigenvalue weighted by Crippen LogP contribution is 2.33. The Morgan fingerprint density at radius 2 is 1.63 bits per heavy atom. The first-order valence-corrected chi connectivity index (χ1v) is 10.9. The summed E-state index contributed by atoms with van der Waals surface area (Å²) in [7, 11) is 0. The van der Waals surface area contributed by atoms with Crippen LogP contribution in [0.2, 0.25) is 0 Å². The van der Waals surface area contributed by atoms with Crippen LogP contribution in [0.5, 0.6) is 0 Å². The zero-order valence-corrected chi connectivity index (χ0v) is 17.0. The van der Waals surface area contributed by atoms with Gasteiger partial charge in [0.25, 0.3) is 0 Å². The fourth-order valence-corrected chi connectivity index (χ4v) is 5.31. The van der Waals surface area contributed by atoms with Crippen LogP contribution in [0, 0.1) is 5.92 Å². The van der Waals surface area contributed by atoms with Crippen LogP contribution in [-0.2, 0) is 0 Å². The third-order valence-electron chi connectivity index (χ3n) is 6.92. The highest BCUT2D eigenvalue weighted by Gasteiger charge is 2.32. The van der Waals surface area contributed by atoms with Crippen LogP contribution in [0.4, 0.5) is 0 Å². The molecular formula is C23H27N5O2. The van der Waals surface area contributed by atoms with Gasteiger partial charge in [-0.25, -0.2) is 14.8 Å². The zero-order chi connectivity index (χ0) is 20.5. The van der Waals surface area contributed by atoms with Crippen molar-refractivity contribution < 1.29 is 4.79 Å².